The highest BCUT2D eigenvalue weighted by Gasteiger charge is 2.16. The van der Waals surface area contributed by atoms with Crippen molar-refractivity contribution in [3.05, 3.63) is 53.2 Å². The van der Waals surface area contributed by atoms with Crippen LogP contribution in [0.2, 0.25) is 0 Å². The summed E-state index contributed by atoms with van der Waals surface area (Å²) in [4.78, 5) is 24.9. The van der Waals surface area contributed by atoms with E-state index in [1.165, 1.54) is 36.0 Å². The van der Waals surface area contributed by atoms with Crippen LogP contribution in [0.25, 0.3) is 10.7 Å². The summed E-state index contributed by atoms with van der Waals surface area (Å²) in [6, 6.07) is 9.00. The largest absolute Gasteiger partial charge is 0.457 e. The van der Waals surface area contributed by atoms with Gasteiger partial charge in [-0.1, -0.05) is 17.8 Å². The summed E-state index contributed by atoms with van der Waals surface area (Å²) >= 11 is 2.77. The number of nitrogens with zero attached hydrogens (tertiary/aromatic N) is 3. The number of carbonyl (C=O) groups is 2. The lowest BCUT2D eigenvalue weighted by molar-refractivity contribution is -0.139. The highest BCUT2D eigenvalue weighted by Crippen LogP contribution is 2.27. The van der Waals surface area contributed by atoms with Crippen LogP contribution in [0.15, 0.2) is 46.9 Å². The first-order valence-corrected chi connectivity index (χ1v) is 9.99. The van der Waals surface area contributed by atoms with Gasteiger partial charge in [0.25, 0.3) is 0 Å². The molecule has 0 fully saturated rings. The van der Waals surface area contributed by atoms with Gasteiger partial charge < -0.3 is 9.30 Å². The lowest BCUT2D eigenvalue weighted by Crippen LogP contribution is -2.15. The number of rotatable bonds is 8. The third-order valence-corrected chi connectivity index (χ3v) is 5.43. The highest BCUT2D eigenvalue weighted by molar-refractivity contribution is 7.99. The van der Waals surface area contributed by atoms with Crippen molar-refractivity contribution in [3.8, 4) is 10.7 Å². The molecular formula is C18H16FN3O3S2. The molecule has 0 saturated carbocycles. The zero-order valence-corrected chi connectivity index (χ0v) is 16.1. The molecule has 3 aromatic rings. The molecule has 0 unspecified atom stereocenters. The Labute approximate surface area is 163 Å². The van der Waals surface area contributed by atoms with Gasteiger partial charge in [-0.25, -0.2) is 4.39 Å². The lowest BCUT2D eigenvalue weighted by atomic mass is 10.1. The minimum atomic E-state index is -0.529. The fourth-order valence-corrected chi connectivity index (χ4v) is 3.82. The summed E-state index contributed by atoms with van der Waals surface area (Å²) < 4.78 is 19.8. The van der Waals surface area contributed by atoms with Crippen molar-refractivity contribution in [3.63, 3.8) is 0 Å². The number of aromatic nitrogens is 3. The second-order valence-electron chi connectivity index (χ2n) is 5.41. The Morgan fingerprint density at radius 1 is 1.22 bits per heavy atom. The summed E-state index contributed by atoms with van der Waals surface area (Å²) in [6.45, 7) is 2.26. The maximum Gasteiger partial charge on any atom is 0.316 e. The number of ketones is 1. The van der Waals surface area contributed by atoms with Crippen LogP contribution in [0.4, 0.5) is 4.39 Å². The Morgan fingerprint density at radius 2 is 2.00 bits per heavy atom. The zero-order valence-electron chi connectivity index (χ0n) is 14.4. The maximum absolute atomic E-state index is 12.9. The summed E-state index contributed by atoms with van der Waals surface area (Å²) in [5, 5.41) is 10.9. The van der Waals surface area contributed by atoms with Gasteiger partial charge in [0.2, 0.25) is 0 Å². The van der Waals surface area contributed by atoms with Crippen molar-refractivity contribution in [2.24, 2.45) is 0 Å². The van der Waals surface area contributed by atoms with E-state index < -0.39 is 11.8 Å². The normalized spacial score (nSPS) is 10.7. The Bertz CT molecular complexity index is 924. The van der Waals surface area contributed by atoms with Gasteiger partial charge in [-0.15, -0.1) is 21.5 Å². The second kappa shape index (κ2) is 8.92. The molecule has 0 spiro atoms. The Hall–Kier alpha value is -2.52. The van der Waals surface area contributed by atoms with Crippen LogP contribution in [-0.2, 0) is 16.1 Å². The molecule has 0 radical (unpaired) electrons. The molecule has 2 heterocycles. The molecule has 0 saturated heterocycles. The lowest BCUT2D eigenvalue weighted by Gasteiger charge is -2.06. The van der Waals surface area contributed by atoms with Crippen molar-refractivity contribution in [2.45, 2.75) is 18.6 Å². The van der Waals surface area contributed by atoms with E-state index in [2.05, 4.69) is 10.2 Å². The molecule has 0 atom stereocenters. The number of thioether (sulfide) groups is 1. The van der Waals surface area contributed by atoms with Gasteiger partial charge in [0, 0.05) is 12.1 Å². The average Bonchev–Trinajstić information content (AvgIpc) is 3.33. The SMILES string of the molecule is CCn1c(SCC(=O)OCC(=O)c2ccc(F)cc2)nnc1-c1cccs1. The molecule has 0 N–H and O–H groups in total. The monoisotopic (exact) mass is 405 g/mol. The van der Waals surface area contributed by atoms with Crippen molar-refractivity contribution < 1.29 is 18.7 Å². The smallest absolute Gasteiger partial charge is 0.316 e. The third kappa shape index (κ3) is 4.81. The molecule has 9 heteroatoms. The van der Waals surface area contributed by atoms with Gasteiger partial charge >= 0.3 is 5.97 Å². The number of carbonyl (C=O) groups excluding carboxylic acids is 2. The molecule has 2 aromatic heterocycles. The van der Waals surface area contributed by atoms with Gasteiger partial charge in [-0.2, -0.15) is 0 Å². The van der Waals surface area contributed by atoms with Gasteiger partial charge in [0.05, 0.1) is 10.6 Å². The van der Waals surface area contributed by atoms with Gasteiger partial charge in [0.1, 0.15) is 5.82 Å². The number of ether oxygens (including phenoxy) is 1. The minimum Gasteiger partial charge on any atom is -0.457 e. The van der Waals surface area contributed by atoms with Crippen LogP contribution in [0.3, 0.4) is 0 Å². The molecule has 6 nitrogen and oxygen atoms in total. The van der Waals surface area contributed by atoms with E-state index in [0.717, 1.165) is 10.7 Å². The second-order valence-corrected chi connectivity index (χ2v) is 7.30. The first-order chi connectivity index (χ1) is 13.1. The van der Waals surface area contributed by atoms with Crippen LogP contribution < -0.4 is 0 Å². The van der Waals surface area contributed by atoms with E-state index >= 15 is 0 Å². The van der Waals surface area contributed by atoms with E-state index in [9.17, 15) is 14.0 Å². The molecule has 0 bridgehead atoms. The minimum absolute atomic E-state index is 0.0132. The fraction of sp³-hybridized carbons (Fsp3) is 0.222. The predicted octanol–water partition coefficient (Wildman–Crippen LogP) is 3.68. The zero-order chi connectivity index (χ0) is 19.2. The number of Topliss-reactive ketones (excluding diaryl/α,β-unsaturated/α-hetero) is 1. The van der Waals surface area contributed by atoms with E-state index in [0.29, 0.717) is 17.3 Å². The molecule has 0 aliphatic heterocycles. The molecule has 140 valence electrons. The summed E-state index contributed by atoms with van der Waals surface area (Å²) in [7, 11) is 0. The fourth-order valence-electron chi connectivity index (χ4n) is 2.30. The summed E-state index contributed by atoms with van der Waals surface area (Å²) in [5.41, 5.74) is 0.295. The van der Waals surface area contributed by atoms with Crippen LogP contribution in [0, 0.1) is 5.82 Å². The molecule has 0 aliphatic carbocycles. The number of thiophene rings is 1. The number of benzene rings is 1. The molecule has 1 aromatic carbocycles. The molecule has 3 rings (SSSR count). The number of esters is 1. The first-order valence-electron chi connectivity index (χ1n) is 8.12. The topological polar surface area (TPSA) is 74.1 Å². The van der Waals surface area contributed by atoms with Crippen molar-refractivity contribution in [1.29, 1.82) is 0 Å². The quantitative estimate of drug-likeness (QED) is 0.323. The van der Waals surface area contributed by atoms with Gasteiger partial charge in [-0.05, 0) is 42.6 Å². The van der Waals surface area contributed by atoms with Gasteiger partial charge in [0.15, 0.2) is 23.4 Å². The van der Waals surface area contributed by atoms with Crippen LogP contribution in [0.1, 0.15) is 17.3 Å². The first kappa shape index (κ1) is 19.2. The van der Waals surface area contributed by atoms with Crippen LogP contribution in [0.5, 0.6) is 0 Å². The molecule has 0 amide bonds. The van der Waals surface area contributed by atoms with E-state index in [-0.39, 0.29) is 18.1 Å². The van der Waals surface area contributed by atoms with Gasteiger partial charge in [-0.3, -0.25) is 9.59 Å². The summed E-state index contributed by atoms with van der Waals surface area (Å²) in [5.74, 6) is -0.570. The summed E-state index contributed by atoms with van der Waals surface area (Å²) in [6.07, 6.45) is 0. The standard InChI is InChI=1S/C18H16FN3O3S2/c1-2-22-17(15-4-3-9-26-15)20-21-18(22)27-11-16(24)25-10-14(23)12-5-7-13(19)8-6-12/h3-9H,2,10-11H2,1H3. The Balaban J connectivity index is 1.53. The molecule has 27 heavy (non-hydrogen) atoms. The van der Waals surface area contributed by atoms with Crippen molar-refractivity contribution >= 4 is 34.9 Å². The number of halogens is 1. The predicted molar refractivity (Wildman–Crippen MR) is 101 cm³/mol. The Morgan fingerprint density at radius 3 is 2.67 bits per heavy atom. The van der Waals surface area contributed by atoms with Crippen LogP contribution in [-0.4, -0.2) is 38.9 Å². The highest BCUT2D eigenvalue weighted by atomic mass is 32.2. The molecular weight excluding hydrogens is 389 g/mol. The van der Waals surface area contributed by atoms with E-state index in [1.807, 2.05) is 29.0 Å². The Kier molecular flexibility index (Phi) is 6.36. The van der Waals surface area contributed by atoms with Crippen molar-refractivity contribution in [1.82, 2.24) is 14.8 Å². The average molecular weight is 405 g/mol. The maximum atomic E-state index is 12.9. The third-order valence-electron chi connectivity index (χ3n) is 3.62. The number of hydrogen-bond acceptors (Lipinski definition) is 7. The number of hydrogen-bond donors (Lipinski definition) is 0. The molecule has 0 aliphatic rings. The van der Waals surface area contributed by atoms with E-state index in [4.69, 9.17) is 4.74 Å². The van der Waals surface area contributed by atoms with E-state index in [1.54, 1.807) is 11.3 Å². The van der Waals surface area contributed by atoms with Crippen molar-refractivity contribution in [2.75, 3.05) is 12.4 Å². The van der Waals surface area contributed by atoms with Crippen LogP contribution >= 0.6 is 23.1 Å².